The van der Waals surface area contributed by atoms with Gasteiger partial charge >= 0.3 is 5.76 Å². The molecule has 0 aliphatic heterocycles. The van der Waals surface area contributed by atoms with Gasteiger partial charge in [-0.15, -0.1) is 0 Å². The third kappa shape index (κ3) is 4.37. The summed E-state index contributed by atoms with van der Waals surface area (Å²) in [5, 5.41) is 0. The minimum absolute atomic E-state index is 0.0408. The molecule has 0 spiro atoms. The van der Waals surface area contributed by atoms with Gasteiger partial charge in [0.25, 0.3) is 10.0 Å². The van der Waals surface area contributed by atoms with Crippen LogP contribution in [-0.2, 0) is 16.4 Å². The van der Waals surface area contributed by atoms with Gasteiger partial charge in [0.2, 0.25) is 0 Å². The van der Waals surface area contributed by atoms with Gasteiger partial charge in [-0.1, -0.05) is 30.3 Å². The van der Waals surface area contributed by atoms with Crippen LogP contribution in [0.15, 0.2) is 30.3 Å². The Bertz CT molecular complexity index is 437. The molecule has 96 valence electrons. The molecule has 1 unspecified atom stereocenters. The van der Waals surface area contributed by atoms with Crippen molar-refractivity contribution in [2.45, 2.75) is 18.2 Å². The largest absolute Gasteiger partial charge is 0.350 e. The summed E-state index contributed by atoms with van der Waals surface area (Å²) in [7, 11) is -4.59. The minimum Gasteiger partial charge on any atom is -0.329 e. The Kier molecular flexibility index (Phi) is 4.98. The number of hydrogen-bond acceptors (Lipinski definition) is 3. The summed E-state index contributed by atoms with van der Waals surface area (Å²) in [6.45, 7) is -0.0408. The van der Waals surface area contributed by atoms with Crippen molar-refractivity contribution < 1.29 is 17.2 Å². The molecule has 0 aliphatic carbocycles. The molecular formula is C10H14F2N2O2S. The predicted octanol–water partition coefficient (Wildman–Crippen LogP) is 0.698. The second-order valence-electron chi connectivity index (χ2n) is 3.55. The zero-order valence-corrected chi connectivity index (χ0v) is 9.83. The number of nitrogens with two attached hydrogens (primary N) is 1. The van der Waals surface area contributed by atoms with Crippen molar-refractivity contribution in [3.05, 3.63) is 35.9 Å². The highest BCUT2D eigenvalue weighted by Gasteiger charge is 2.26. The van der Waals surface area contributed by atoms with Gasteiger partial charge in [0.1, 0.15) is 0 Å². The fourth-order valence-corrected chi connectivity index (χ4v) is 2.10. The van der Waals surface area contributed by atoms with E-state index >= 15 is 0 Å². The van der Waals surface area contributed by atoms with Crippen molar-refractivity contribution in [2.75, 3.05) is 6.54 Å². The second-order valence-corrected chi connectivity index (χ2v) is 5.23. The molecule has 0 heterocycles. The highest BCUT2D eigenvalue weighted by Crippen LogP contribution is 2.07. The van der Waals surface area contributed by atoms with Crippen LogP contribution in [0.4, 0.5) is 8.78 Å². The van der Waals surface area contributed by atoms with Crippen molar-refractivity contribution in [3.63, 3.8) is 0 Å². The lowest BCUT2D eigenvalue weighted by Gasteiger charge is -2.16. The van der Waals surface area contributed by atoms with E-state index in [4.69, 9.17) is 5.73 Å². The molecular weight excluding hydrogens is 250 g/mol. The zero-order chi connectivity index (χ0) is 12.9. The smallest absolute Gasteiger partial charge is 0.329 e. The van der Waals surface area contributed by atoms with E-state index in [1.165, 1.54) is 0 Å². The van der Waals surface area contributed by atoms with Crippen LogP contribution >= 0.6 is 0 Å². The normalized spacial score (nSPS) is 13.9. The molecule has 0 aromatic heterocycles. The first kappa shape index (κ1) is 14.0. The number of halogens is 2. The molecule has 1 rings (SSSR count). The fraction of sp³-hybridized carbons (Fsp3) is 0.400. The van der Waals surface area contributed by atoms with Crippen molar-refractivity contribution in [3.8, 4) is 0 Å². The van der Waals surface area contributed by atoms with Crippen molar-refractivity contribution in [1.29, 1.82) is 0 Å². The van der Waals surface area contributed by atoms with E-state index in [9.17, 15) is 17.2 Å². The van der Waals surface area contributed by atoms with E-state index in [2.05, 4.69) is 0 Å². The maximum Gasteiger partial charge on any atom is 0.350 e. The first-order chi connectivity index (χ1) is 7.95. The molecule has 3 N–H and O–H groups in total. The quantitative estimate of drug-likeness (QED) is 0.794. The Morgan fingerprint density at radius 3 is 2.29 bits per heavy atom. The zero-order valence-electron chi connectivity index (χ0n) is 9.01. The summed E-state index contributed by atoms with van der Waals surface area (Å²) < 4.78 is 48.1. The van der Waals surface area contributed by atoms with Crippen LogP contribution in [0.2, 0.25) is 0 Å². The van der Waals surface area contributed by atoms with Crippen LogP contribution in [0, 0.1) is 0 Å². The van der Waals surface area contributed by atoms with E-state index < -0.39 is 21.8 Å². The van der Waals surface area contributed by atoms with E-state index in [1.807, 2.05) is 10.8 Å². The molecule has 1 aromatic carbocycles. The van der Waals surface area contributed by atoms with Gasteiger partial charge in [-0.3, -0.25) is 0 Å². The van der Waals surface area contributed by atoms with Gasteiger partial charge < -0.3 is 5.73 Å². The first-order valence-electron chi connectivity index (χ1n) is 4.99. The second kappa shape index (κ2) is 6.04. The van der Waals surface area contributed by atoms with E-state index in [-0.39, 0.29) is 13.0 Å². The predicted molar refractivity (Wildman–Crippen MR) is 61.0 cm³/mol. The Labute approximate surface area is 98.9 Å². The molecule has 4 nitrogen and oxygen atoms in total. The number of benzene rings is 1. The Hall–Kier alpha value is -1.05. The molecule has 0 saturated carbocycles. The SMILES string of the molecule is NCC(Cc1ccccc1)NS(=O)(=O)C(F)F. The summed E-state index contributed by atoms with van der Waals surface area (Å²) in [6, 6.07) is 8.20. The number of rotatable bonds is 6. The average Bonchev–Trinajstić information content (AvgIpc) is 2.29. The molecule has 0 aliphatic rings. The van der Waals surface area contributed by atoms with Crippen LogP contribution in [0.25, 0.3) is 0 Å². The fourth-order valence-electron chi connectivity index (χ4n) is 1.36. The Balaban J connectivity index is 2.68. The van der Waals surface area contributed by atoms with Crippen molar-refractivity contribution in [1.82, 2.24) is 4.72 Å². The van der Waals surface area contributed by atoms with Crippen LogP contribution in [0.5, 0.6) is 0 Å². The van der Waals surface area contributed by atoms with Crippen LogP contribution in [0.1, 0.15) is 5.56 Å². The van der Waals surface area contributed by atoms with E-state index in [1.54, 1.807) is 24.3 Å². The van der Waals surface area contributed by atoms with Gasteiger partial charge in [-0.05, 0) is 12.0 Å². The molecule has 0 fully saturated rings. The van der Waals surface area contributed by atoms with Gasteiger partial charge in [-0.25, -0.2) is 13.1 Å². The van der Waals surface area contributed by atoms with E-state index in [0.717, 1.165) is 5.56 Å². The highest BCUT2D eigenvalue weighted by molar-refractivity contribution is 7.89. The molecule has 0 saturated heterocycles. The Morgan fingerprint density at radius 2 is 1.82 bits per heavy atom. The van der Waals surface area contributed by atoms with Crippen LogP contribution in [-0.4, -0.2) is 26.8 Å². The van der Waals surface area contributed by atoms with Crippen molar-refractivity contribution >= 4 is 10.0 Å². The van der Waals surface area contributed by atoms with Gasteiger partial charge in [0.05, 0.1) is 0 Å². The summed E-state index contributed by atoms with van der Waals surface area (Å²) in [4.78, 5) is 0. The number of nitrogens with one attached hydrogen (secondary N) is 1. The lowest BCUT2D eigenvalue weighted by molar-refractivity contribution is 0.231. The summed E-state index contributed by atoms with van der Waals surface area (Å²) in [6.07, 6.45) is 0.281. The maximum absolute atomic E-state index is 12.2. The lowest BCUT2D eigenvalue weighted by atomic mass is 10.1. The summed E-state index contributed by atoms with van der Waals surface area (Å²) in [5.74, 6) is -3.44. The van der Waals surface area contributed by atoms with Crippen LogP contribution in [0.3, 0.4) is 0 Å². The molecule has 0 amide bonds. The standard InChI is InChI=1S/C10H14F2N2O2S/c11-10(12)17(15,16)14-9(7-13)6-8-4-2-1-3-5-8/h1-5,9-10,14H,6-7,13H2. The molecule has 7 heteroatoms. The average molecular weight is 264 g/mol. The van der Waals surface area contributed by atoms with Gasteiger partial charge in [0.15, 0.2) is 0 Å². The number of sulfonamides is 1. The molecule has 0 radical (unpaired) electrons. The first-order valence-corrected chi connectivity index (χ1v) is 6.53. The number of alkyl halides is 2. The highest BCUT2D eigenvalue weighted by atomic mass is 32.2. The van der Waals surface area contributed by atoms with Crippen LogP contribution < -0.4 is 10.5 Å². The molecule has 17 heavy (non-hydrogen) atoms. The maximum atomic E-state index is 12.2. The van der Waals surface area contributed by atoms with Crippen molar-refractivity contribution in [2.24, 2.45) is 5.73 Å². The topological polar surface area (TPSA) is 72.2 Å². The molecule has 1 atom stereocenters. The minimum atomic E-state index is -4.59. The van der Waals surface area contributed by atoms with Gasteiger partial charge in [0, 0.05) is 12.6 Å². The summed E-state index contributed by atoms with van der Waals surface area (Å²) >= 11 is 0. The summed E-state index contributed by atoms with van der Waals surface area (Å²) in [5.41, 5.74) is 6.19. The number of hydrogen-bond donors (Lipinski definition) is 2. The monoisotopic (exact) mass is 264 g/mol. The lowest BCUT2D eigenvalue weighted by Crippen LogP contribution is -2.43. The molecule has 0 bridgehead atoms. The molecule has 1 aromatic rings. The third-order valence-electron chi connectivity index (χ3n) is 2.17. The third-order valence-corrected chi connectivity index (χ3v) is 3.31. The van der Waals surface area contributed by atoms with Gasteiger partial charge in [-0.2, -0.15) is 8.78 Å². The Morgan fingerprint density at radius 1 is 1.24 bits per heavy atom. The van der Waals surface area contributed by atoms with E-state index in [0.29, 0.717) is 0 Å².